The van der Waals surface area contributed by atoms with Gasteiger partial charge in [-0.2, -0.15) is 0 Å². The highest BCUT2D eigenvalue weighted by atomic mass is 35.5. The van der Waals surface area contributed by atoms with E-state index in [1.54, 1.807) is 0 Å². The normalized spacial score (nSPS) is 22.6. The molecule has 0 bridgehead atoms. The van der Waals surface area contributed by atoms with Crippen molar-refractivity contribution in [2.24, 2.45) is 5.92 Å². The largest absolute Gasteiger partial charge is 0.348 e. The molecular formula is C16H21ClN2OS. The van der Waals surface area contributed by atoms with Gasteiger partial charge in [0.05, 0.1) is 14.6 Å². The summed E-state index contributed by atoms with van der Waals surface area (Å²) < 4.78 is 3.92. The van der Waals surface area contributed by atoms with Crippen LogP contribution in [0.15, 0.2) is 12.1 Å². The summed E-state index contributed by atoms with van der Waals surface area (Å²) in [7, 11) is 0. The van der Waals surface area contributed by atoms with Gasteiger partial charge in [0.15, 0.2) is 0 Å². The highest BCUT2D eigenvalue weighted by Gasteiger charge is 2.25. The third-order valence-electron chi connectivity index (χ3n) is 4.54. The van der Waals surface area contributed by atoms with Crippen LogP contribution in [-0.2, 0) is 6.54 Å². The predicted octanol–water partition coefficient (Wildman–Crippen LogP) is 4.68. The summed E-state index contributed by atoms with van der Waals surface area (Å²) in [5, 5.41) is 3.24. The van der Waals surface area contributed by atoms with Gasteiger partial charge in [0.25, 0.3) is 5.91 Å². The van der Waals surface area contributed by atoms with Crippen LogP contribution >= 0.6 is 22.9 Å². The van der Waals surface area contributed by atoms with E-state index in [1.165, 1.54) is 30.6 Å². The molecule has 21 heavy (non-hydrogen) atoms. The van der Waals surface area contributed by atoms with Crippen LogP contribution in [0.2, 0.25) is 4.34 Å². The van der Waals surface area contributed by atoms with Gasteiger partial charge >= 0.3 is 0 Å². The number of hydrogen-bond acceptors (Lipinski definition) is 2. The minimum absolute atomic E-state index is 0.0510. The van der Waals surface area contributed by atoms with Crippen LogP contribution in [0.25, 0.3) is 10.2 Å². The van der Waals surface area contributed by atoms with E-state index < -0.39 is 0 Å². The summed E-state index contributed by atoms with van der Waals surface area (Å²) in [4.78, 5) is 12.6. The summed E-state index contributed by atoms with van der Waals surface area (Å²) >= 11 is 7.60. The van der Waals surface area contributed by atoms with Crippen LogP contribution in [0, 0.1) is 5.92 Å². The summed E-state index contributed by atoms with van der Waals surface area (Å²) in [6.07, 6.45) is 4.81. The fourth-order valence-corrected chi connectivity index (χ4v) is 4.49. The molecule has 114 valence electrons. The molecular weight excluding hydrogens is 304 g/mol. The second-order valence-electron chi connectivity index (χ2n) is 5.92. The number of halogens is 1. The number of rotatable bonds is 3. The molecule has 3 rings (SSSR count). The lowest BCUT2D eigenvalue weighted by atomic mass is 9.86. The highest BCUT2D eigenvalue weighted by molar-refractivity contribution is 7.22. The van der Waals surface area contributed by atoms with Crippen molar-refractivity contribution in [2.75, 3.05) is 0 Å². The van der Waals surface area contributed by atoms with E-state index in [0.717, 1.165) is 33.2 Å². The molecule has 0 aliphatic heterocycles. The first-order valence-electron chi connectivity index (χ1n) is 7.69. The molecule has 1 amide bonds. The Morgan fingerprint density at radius 2 is 2.19 bits per heavy atom. The summed E-state index contributed by atoms with van der Waals surface area (Å²) in [5.74, 6) is 0.624. The van der Waals surface area contributed by atoms with Crippen molar-refractivity contribution in [3.8, 4) is 0 Å². The number of fused-ring (bicyclic) bond motifs is 1. The van der Waals surface area contributed by atoms with Crippen LogP contribution in [0.4, 0.5) is 0 Å². The molecule has 1 aliphatic carbocycles. The van der Waals surface area contributed by atoms with Gasteiger partial charge in [-0.3, -0.25) is 4.79 Å². The monoisotopic (exact) mass is 324 g/mol. The number of aromatic nitrogens is 1. The minimum Gasteiger partial charge on any atom is -0.348 e. The fraction of sp³-hybridized carbons (Fsp3) is 0.562. The van der Waals surface area contributed by atoms with Crippen molar-refractivity contribution in [3.63, 3.8) is 0 Å². The smallest absolute Gasteiger partial charge is 0.268 e. The van der Waals surface area contributed by atoms with Crippen molar-refractivity contribution >= 4 is 39.1 Å². The SMILES string of the molecule is CCn1c(C(=O)N[C@H]2CCCC[C@H]2C)cc2sc(Cl)cc21. The lowest BCUT2D eigenvalue weighted by Gasteiger charge is -2.29. The average molecular weight is 325 g/mol. The number of carbonyl (C=O) groups is 1. The number of nitrogens with one attached hydrogen (secondary N) is 1. The molecule has 2 aromatic rings. The van der Waals surface area contributed by atoms with Gasteiger partial charge in [0, 0.05) is 12.6 Å². The molecule has 0 aromatic carbocycles. The molecule has 1 fully saturated rings. The molecule has 3 nitrogen and oxygen atoms in total. The molecule has 0 spiro atoms. The van der Waals surface area contributed by atoms with Crippen molar-refractivity contribution in [3.05, 3.63) is 22.2 Å². The van der Waals surface area contributed by atoms with E-state index in [-0.39, 0.29) is 5.91 Å². The maximum atomic E-state index is 12.6. The molecule has 0 unspecified atom stereocenters. The van der Waals surface area contributed by atoms with Gasteiger partial charge < -0.3 is 9.88 Å². The molecule has 0 saturated heterocycles. The Balaban J connectivity index is 1.85. The van der Waals surface area contributed by atoms with E-state index in [2.05, 4.69) is 23.7 Å². The first-order valence-corrected chi connectivity index (χ1v) is 8.89. The maximum Gasteiger partial charge on any atom is 0.268 e. The van der Waals surface area contributed by atoms with Gasteiger partial charge in [0.2, 0.25) is 0 Å². The van der Waals surface area contributed by atoms with E-state index in [1.807, 2.05) is 12.1 Å². The standard InChI is InChI=1S/C16H21ClN2OS/c1-3-19-12-9-15(17)21-14(12)8-13(19)16(20)18-11-7-5-4-6-10(11)2/h8-11H,3-7H2,1-2H3,(H,18,20)/t10-,11+/m1/s1. The summed E-state index contributed by atoms with van der Waals surface area (Å²) in [5.41, 5.74) is 1.82. The molecule has 5 heteroatoms. The lowest BCUT2D eigenvalue weighted by Crippen LogP contribution is -2.41. The zero-order chi connectivity index (χ0) is 15.0. The van der Waals surface area contributed by atoms with Crippen LogP contribution in [0.3, 0.4) is 0 Å². The lowest BCUT2D eigenvalue weighted by molar-refractivity contribution is 0.0901. The zero-order valence-corrected chi connectivity index (χ0v) is 14.1. The van der Waals surface area contributed by atoms with E-state index in [4.69, 9.17) is 11.6 Å². The highest BCUT2D eigenvalue weighted by Crippen LogP contribution is 2.32. The van der Waals surface area contributed by atoms with Crippen LogP contribution in [-0.4, -0.2) is 16.5 Å². The van der Waals surface area contributed by atoms with Crippen molar-refractivity contribution in [1.82, 2.24) is 9.88 Å². The Bertz CT molecular complexity index is 661. The molecule has 2 aromatic heterocycles. The van der Waals surface area contributed by atoms with Crippen LogP contribution in [0.5, 0.6) is 0 Å². The Labute approximate surface area is 134 Å². The van der Waals surface area contributed by atoms with Gasteiger partial charge in [-0.05, 0) is 37.8 Å². The number of nitrogens with zero attached hydrogens (tertiary/aromatic N) is 1. The number of thiophene rings is 1. The molecule has 1 aliphatic rings. The van der Waals surface area contributed by atoms with Gasteiger partial charge in [0.1, 0.15) is 5.69 Å². The Kier molecular flexibility index (Phi) is 4.27. The molecule has 1 saturated carbocycles. The predicted molar refractivity (Wildman–Crippen MR) is 89.4 cm³/mol. The van der Waals surface area contributed by atoms with Gasteiger partial charge in [-0.15, -0.1) is 11.3 Å². The third-order valence-corrected chi connectivity index (χ3v) is 5.74. The fourth-order valence-electron chi connectivity index (χ4n) is 3.31. The number of aryl methyl sites for hydroxylation is 1. The number of amides is 1. The topological polar surface area (TPSA) is 34.0 Å². The van der Waals surface area contributed by atoms with Crippen LogP contribution in [0.1, 0.15) is 50.0 Å². The van der Waals surface area contributed by atoms with Gasteiger partial charge in [-0.1, -0.05) is 31.4 Å². The van der Waals surface area contributed by atoms with E-state index >= 15 is 0 Å². The Hall–Kier alpha value is -1.00. The van der Waals surface area contributed by atoms with Crippen molar-refractivity contribution in [1.29, 1.82) is 0 Å². The van der Waals surface area contributed by atoms with Crippen molar-refractivity contribution in [2.45, 2.75) is 52.1 Å². The van der Waals surface area contributed by atoms with Gasteiger partial charge in [-0.25, -0.2) is 0 Å². The molecule has 2 heterocycles. The first-order chi connectivity index (χ1) is 10.1. The summed E-state index contributed by atoms with van der Waals surface area (Å²) in [6.45, 7) is 5.08. The first kappa shape index (κ1) is 14.9. The quantitative estimate of drug-likeness (QED) is 0.873. The number of hydrogen-bond donors (Lipinski definition) is 1. The Morgan fingerprint density at radius 1 is 1.43 bits per heavy atom. The summed E-state index contributed by atoms with van der Waals surface area (Å²) in [6, 6.07) is 4.23. The third kappa shape index (κ3) is 2.84. The molecule has 2 atom stereocenters. The Morgan fingerprint density at radius 3 is 2.90 bits per heavy atom. The molecule has 0 radical (unpaired) electrons. The van der Waals surface area contributed by atoms with Crippen molar-refractivity contribution < 1.29 is 4.79 Å². The average Bonchev–Trinajstić information content (AvgIpc) is 2.96. The van der Waals surface area contributed by atoms with Crippen LogP contribution < -0.4 is 5.32 Å². The second-order valence-corrected chi connectivity index (χ2v) is 7.63. The zero-order valence-electron chi connectivity index (χ0n) is 12.5. The van der Waals surface area contributed by atoms with E-state index in [0.29, 0.717) is 12.0 Å². The van der Waals surface area contributed by atoms with E-state index in [9.17, 15) is 4.79 Å². The number of carbonyl (C=O) groups excluding carboxylic acids is 1. The molecule has 1 N–H and O–H groups in total. The minimum atomic E-state index is 0.0510. The maximum absolute atomic E-state index is 12.6. The second kappa shape index (κ2) is 6.01.